The summed E-state index contributed by atoms with van der Waals surface area (Å²) in [4.78, 5) is 11.5. The van der Waals surface area contributed by atoms with E-state index < -0.39 is 0 Å². The van der Waals surface area contributed by atoms with E-state index in [-0.39, 0.29) is 12.5 Å². The summed E-state index contributed by atoms with van der Waals surface area (Å²) in [6.07, 6.45) is 2.45. The minimum absolute atomic E-state index is 0.0803. The summed E-state index contributed by atoms with van der Waals surface area (Å²) in [6, 6.07) is 22.8. The number of rotatable bonds is 10. The zero-order valence-electron chi connectivity index (χ0n) is 17.8. The summed E-state index contributed by atoms with van der Waals surface area (Å²) >= 11 is 0. The first kappa shape index (κ1) is 21.2. The van der Waals surface area contributed by atoms with Crippen molar-refractivity contribution in [3.63, 3.8) is 0 Å². The van der Waals surface area contributed by atoms with Gasteiger partial charge in [-0.05, 0) is 54.6 Å². The summed E-state index contributed by atoms with van der Waals surface area (Å²) < 4.78 is 23.7. The quantitative estimate of drug-likeness (QED) is 0.264. The molecule has 1 aromatic heterocycles. The summed E-state index contributed by atoms with van der Waals surface area (Å²) in [5.41, 5.74) is 0.853. The minimum atomic E-state index is -0.339. The van der Waals surface area contributed by atoms with Crippen LogP contribution in [0.5, 0.6) is 23.0 Å². The summed E-state index contributed by atoms with van der Waals surface area (Å²) in [5.74, 6) is 2.75. The van der Waals surface area contributed by atoms with E-state index in [1.807, 2.05) is 72.8 Å². The summed E-state index contributed by atoms with van der Waals surface area (Å²) in [7, 11) is 1.36. The van der Waals surface area contributed by atoms with Gasteiger partial charge in [-0.3, -0.25) is 9.48 Å². The molecule has 4 aromatic rings. The number of para-hydroxylation sites is 1. The molecular formula is C25H24N2O5. The first-order valence-electron chi connectivity index (χ1n) is 10.3. The van der Waals surface area contributed by atoms with E-state index in [0.29, 0.717) is 13.2 Å². The fraction of sp³-hybridized carbons (Fsp3) is 0.200. The van der Waals surface area contributed by atoms with Crippen molar-refractivity contribution >= 4 is 16.9 Å². The Morgan fingerprint density at radius 1 is 0.844 bits per heavy atom. The molecule has 32 heavy (non-hydrogen) atoms. The van der Waals surface area contributed by atoms with Crippen LogP contribution in [0.2, 0.25) is 0 Å². The number of benzene rings is 3. The van der Waals surface area contributed by atoms with Gasteiger partial charge in [0.05, 0.1) is 32.0 Å². The van der Waals surface area contributed by atoms with Gasteiger partial charge in [0, 0.05) is 11.8 Å². The zero-order chi connectivity index (χ0) is 22.2. The van der Waals surface area contributed by atoms with Gasteiger partial charge < -0.3 is 18.9 Å². The molecule has 0 unspecified atom stereocenters. The molecule has 0 saturated heterocycles. The van der Waals surface area contributed by atoms with Crippen LogP contribution in [0.3, 0.4) is 0 Å². The number of ether oxygens (including phenoxy) is 4. The Kier molecular flexibility index (Phi) is 6.87. The predicted molar refractivity (Wildman–Crippen MR) is 120 cm³/mol. The Labute approximate surface area is 186 Å². The smallest absolute Gasteiger partial charge is 0.327 e. The Bertz CT molecular complexity index is 1160. The molecule has 0 fully saturated rings. The summed E-state index contributed by atoms with van der Waals surface area (Å²) in [5, 5.41) is 5.13. The normalized spacial score (nSPS) is 10.7. The zero-order valence-corrected chi connectivity index (χ0v) is 17.8. The monoisotopic (exact) mass is 432 g/mol. The molecule has 4 rings (SSSR count). The second kappa shape index (κ2) is 10.3. The van der Waals surface area contributed by atoms with Crippen molar-refractivity contribution in [3.8, 4) is 23.0 Å². The van der Waals surface area contributed by atoms with Crippen molar-refractivity contribution < 1.29 is 23.7 Å². The molecule has 0 radical (unpaired) electrons. The van der Waals surface area contributed by atoms with Gasteiger partial charge in [-0.1, -0.05) is 18.2 Å². The summed E-state index contributed by atoms with van der Waals surface area (Å²) in [6.45, 7) is 1.14. The Morgan fingerprint density at radius 2 is 1.50 bits per heavy atom. The molecule has 0 saturated carbocycles. The number of hydrogen-bond acceptors (Lipinski definition) is 6. The third-order valence-electron chi connectivity index (χ3n) is 4.75. The van der Waals surface area contributed by atoms with Gasteiger partial charge in [0.1, 0.15) is 29.5 Å². The molecule has 1 heterocycles. The molecule has 7 nitrogen and oxygen atoms in total. The topological polar surface area (TPSA) is 71.8 Å². The first-order valence-corrected chi connectivity index (χ1v) is 10.3. The lowest BCUT2D eigenvalue weighted by atomic mass is 10.2. The van der Waals surface area contributed by atoms with Crippen LogP contribution < -0.4 is 14.2 Å². The average molecular weight is 432 g/mol. The minimum Gasteiger partial charge on any atom is -0.493 e. The molecule has 0 aliphatic rings. The van der Waals surface area contributed by atoms with Crippen LogP contribution in [-0.4, -0.2) is 36.1 Å². The molecule has 0 aliphatic heterocycles. The van der Waals surface area contributed by atoms with Gasteiger partial charge in [0.2, 0.25) is 0 Å². The molecule has 0 atom stereocenters. The van der Waals surface area contributed by atoms with Gasteiger partial charge in [0.15, 0.2) is 0 Å². The molecular weight excluding hydrogens is 408 g/mol. The van der Waals surface area contributed by atoms with Gasteiger partial charge in [-0.15, -0.1) is 0 Å². The van der Waals surface area contributed by atoms with Crippen LogP contribution in [0, 0.1) is 0 Å². The number of carbonyl (C=O) groups excluding carboxylic acids is 1. The Hall–Kier alpha value is -4.00. The van der Waals surface area contributed by atoms with Crippen molar-refractivity contribution in [2.75, 3.05) is 20.3 Å². The number of nitrogens with zero attached hydrogens (tertiary/aromatic N) is 2. The number of hydrogen-bond donors (Lipinski definition) is 0. The lowest BCUT2D eigenvalue weighted by Crippen LogP contribution is -2.12. The number of fused-ring (bicyclic) bond motifs is 1. The van der Waals surface area contributed by atoms with Crippen LogP contribution in [-0.2, 0) is 16.1 Å². The van der Waals surface area contributed by atoms with Gasteiger partial charge in [-0.25, -0.2) is 0 Å². The van der Waals surface area contributed by atoms with E-state index in [9.17, 15) is 4.79 Å². The van der Waals surface area contributed by atoms with Crippen LogP contribution in [0.25, 0.3) is 10.9 Å². The van der Waals surface area contributed by atoms with Crippen molar-refractivity contribution in [1.82, 2.24) is 9.78 Å². The van der Waals surface area contributed by atoms with E-state index in [1.54, 1.807) is 10.9 Å². The van der Waals surface area contributed by atoms with Gasteiger partial charge in [-0.2, -0.15) is 5.10 Å². The molecule has 164 valence electrons. The van der Waals surface area contributed by atoms with Crippen molar-refractivity contribution in [1.29, 1.82) is 0 Å². The maximum atomic E-state index is 11.5. The third-order valence-corrected chi connectivity index (χ3v) is 4.75. The lowest BCUT2D eigenvalue weighted by Gasteiger charge is -2.10. The highest BCUT2D eigenvalue weighted by Crippen LogP contribution is 2.24. The molecule has 0 aliphatic carbocycles. The van der Waals surface area contributed by atoms with E-state index in [0.717, 1.165) is 40.3 Å². The Morgan fingerprint density at radius 3 is 2.25 bits per heavy atom. The highest BCUT2D eigenvalue weighted by atomic mass is 16.5. The van der Waals surface area contributed by atoms with E-state index in [1.165, 1.54) is 7.11 Å². The molecule has 0 N–H and O–H groups in total. The van der Waals surface area contributed by atoms with Crippen LogP contribution in [0.15, 0.2) is 79.0 Å². The standard InChI is InChI=1S/C25H24N2O5/c1-29-25(28)18-27-24-13-12-23(16-19(24)17-26-27)31-15-5-14-30-20-8-10-22(11-9-20)32-21-6-3-2-4-7-21/h2-4,6-13,16-17H,5,14-15,18H2,1H3. The van der Waals surface area contributed by atoms with Crippen molar-refractivity contribution in [3.05, 3.63) is 79.0 Å². The van der Waals surface area contributed by atoms with Crippen LogP contribution >= 0.6 is 0 Å². The first-order chi connectivity index (χ1) is 15.7. The second-order valence-electron chi connectivity index (χ2n) is 7.04. The van der Waals surface area contributed by atoms with Crippen molar-refractivity contribution in [2.24, 2.45) is 0 Å². The highest BCUT2D eigenvalue weighted by molar-refractivity contribution is 5.81. The third kappa shape index (κ3) is 5.57. The number of aromatic nitrogens is 2. The SMILES string of the molecule is COC(=O)Cn1ncc2cc(OCCCOc3ccc(Oc4ccccc4)cc3)ccc21. The fourth-order valence-electron chi connectivity index (χ4n) is 3.14. The fourth-order valence-corrected chi connectivity index (χ4v) is 3.14. The Balaban J connectivity index is 1.20. The van der Waals surface area contributed by atoms with Crippen LogP contribution in [0.1, 0.15) is 6.42 Å². The molecule has 0 amide bonds. The largest absolute Gasteiger partial charge is 0.493 e. The second-order valence-corrected chi connectivity index (χ2v) is 7.04. The molecule has 3 aromatic carbocycles. The lowest BCUT2D eigenvalue weighted by molar-refractivity contribution is -0.141. The van der Waals surface area contributed by atoms with E-state index in [4.69, 9.17) is 18.9 Å². The predicted octanol–water partition coefficient (Wildman–Crippen LogP) is 4.85. The maximum Gasteiger partial charge on any atom is 0.327 e. The van der Waals surface area contributed by atoms with Crippen molar-refractivity contribution in [2.45, 2.75) is 13.0 Å². The number of carbonyl (C=O) groups is 1. The molecule has 0 spiro atoms. The number of esters is 1. The van der Waals surface area contributed by atoms with Gasteiger partial charge in [0.25, 0.3) is 0 Å². The van der Waals surface area contributed by atoms with Gasteiger partial charge >= 0.3 is 5.97 Å². The maximum absolute atomic E-state index is 11.5. The molecule has 0 bridgehead atoms. The number of methoxy groups -OCH3 is 1. The molecule has 7 heteroatoms. The van der Waals surface area contributed by atoms with E-state index in [2.05, 4.69) is 5.10 Å². The van der Waals surface area contributed by atoms with Crippen LogP contribution in [0.4, 0.5) is 0 Å². The highest BCUT2D eigenvalue weighted by Gasteiger charge is 2.08. The average Bonchev–Trinajstić information content (AvgIpc) is 3.22. The van der Waals surface area contributed by atoms with E-state index >= 15 is 0 Å².